The van der Waals surface area contributed by atoms with Crippen molar-refractivity contribution >= 4 is 31.7 Å². The lowest BCUT2D eigenvalue weighted by atomic mass is 10.0. The summed E-state index contributed by atoms with van der Waals surface area (Å²) < 4.78 is 44.0. The summed E-state index contributed by atoms with van der Waals surface area (Å²) in [5.74, 6) is -2.09. The normalized spacial score (nSPS) is 12.7. The SMILES string of the molecule is COC(=O)CS(=O)(=O)C(C)c1ccc(-c2ccc(Br)cc2)c(F)c1. The molecule has 0 saturated heterocycles. The summed E-state index contributed by atoms with van der Waals surface area (Å²) in [5.41, 5.74) is 1.36. The van der Waals surface area contributed by atoms with Crippen LogP contribution in [0.15, 0.2) is 46.9 Å². The molecular formula is C17H16BrFO4S. The number of hydrogen-bond acceptors (Lipinski definition) is 4. The maximum Gasteiger partial charge on any atom is 0.320 e. The Balaban J connectivity index is 2.32. The first-order valence-electron chi connectivity index (χ1n) is 7.08. The molecule has 2 aromatic carbocycles. The molecule has 0 spiro atoms. The van der Waals surface area contributed by atoms with Gasteiger partial charge in [-0.2, -0.15) is 0 Å². The molecule has 0 amide bonds. The number of rotatable bonds is 5. The number of ether oxygens (including phenoxy) is 1. The molecule has 0 aromatic heterocycles. The lowest BCUT2D eigenvalue weighted by Crippen LogP contribution is -2.21. The summed E-state index contributed by atoms with van der Waals surface area (Å²) in [6.45, 7) is 1.42. The van der Waals surface area contributed by atoms with E-state index in [1.54, 1.807) is 30.3 Å². The predicted octanol–water partition coefficient (Wildman–Crippen LogP) is 3.90. The van der Waals surface area contributed by atoms with E-state index >= 15 is 0 Å². The molecule has 4 nitrogen and oxygen atoms in total. The van der Waals surface area contributed by atoms with E-state index < -0.39 is 32.6 Å². The molecule has 24 heavy (non-hydrogen) atoms. The minimum absolute atomic E-state index is 0.289. The highest BCUT2D eigenvalue weighted by Gasteiger charge is 2.27. The van der Waals surface area contributed by atoms with Crippen molar-refractivity contribution in [1.29, 1.82) is 0 Å². The van der Waals surface area contributed by atoms with Crippen LogP contribution in [0.1, 0.15) is 17.7 Å². The highest BCUT2D eigenvalue weighted by atomic mass is 79.9. The van der Waals surface area contributed by atoms with Crippen LogP contribution in [0.4, 0.5) is 4.39 Å². The number of hydrogen-bond donors (Lipinski definition) is 0. The van der Waals surface area contributed by atoms with Crippen molar-refractivity contribution in [2.75, 3.05) is 12.9 Å². The Labute approximate surface area is 148 Å². The van der Waals surface area contributed by atoms with E-state index in [0.717, 1.165) is 11.6 Å². The molecule has 0 aliphatic carbocycles. The van der Waals surface area contributed by atoms with Gasteiger partial charge in [-0.05, 0) is 36.2 Å². The summed E-state index contributed by atoms with van der Waals surface area (Å²) in [6, 6.07) is 11.4. The quantitative estimate of drug-likeness (QED) is 0.695. The van der Waals surface area contributed by atoms with Gasteiger partial charge in [0.05, 0.1) is 12.4 Å². The van der Waals surface area contributed by atoms with E-state index in [1.165, 1.54) is 19.1 Å². The largest absolute Gasteiger partial charge is 0.468 e. The number of carbonyl (C=O) groups is 1. The van der Waals surface area contributed by atoms with Crippen LogP contribution in [-0.4, -0.2) is 27.2 Å². The Hall–Kier alpha value is -1.73. The zero-order chi connectivity index (χ0) is 17.9. The predicted molar refractivity (Wildman–Crippen MR) is 93.8 cm³/mol. The molecule has 128 valence electrons. The van der Waals surface area contributed by atoms with E-state index in [2.05, 4.69) is 20.7 Å². The van der Waals surface area contributed by atoms with Crippen molar-refractivity contribution in [3.8, 4) is 11.1 Å². The van der Waals surface area contributed by atoms with Crippen molar-refractivity contribution in [2.45, 2.75) is 12.2 Å². The lowest BCUT2D eigenvalue weighted by Gasteiger charge is -2.14. The molecule has 0 radical (unpaired) electrons. The van der Waals surface area contributed by atoms with Gasteiger partial charge in [0.25, 0.3) is 0 Å². The van der Waals surface area contributed by atoms with Crippen molar-refractivity contribution in [2.24, 2.45) is 0 Å². The maximum absolute atomic E-state index is 14.4. The number of esters is 1. The zero-order valence-electron chi connectivity index (χ0n) is 13.1. The van der Waals surface area contributed by atoms with Gasteiger partial charge in [-0.1, -0.05) is 40.2 Å². The van der Waals surface area contributed by atoms with Crippen LogP contribution >= 0.6 is 15.9 Å². The Morgan fingerprint density at radius 1 is 1.21 bits per heavy atom. The van der Waals surface area contributed by atoms with Gasteiger partial charge >= 0.3 is 5.97 Å². The van der Waals surface area contributed by atoms with E-state index in [-0.39, 0.29) is 5.56 Å². The third-order valence-corrected chi connectivity index (χ3v) is 6.22. The van der Waals surface area contributed by atoms with Crippen molar-refractivity contribution in [1.82, 2.24) is 0 Å². The molecule has 0 aliphatic heterocycles. The highest BCUT2D eigenvalue weighted by Crippen LogP contribution is 2.29. The Morgan fingerprint density at radius 3 is 2.38 bits per heavy atom. The van der Waals surface area contributed by atoms with Crippen LogP contribution < -0.4 is 0 Å². The Kier molecular flexibility index (Phi) is 5.77. The molecule has 0 N–H and O–H groups in total. The fraction of sp³-hybridized carbons (Fsp3) is 0.235. The molecule has 0 fully saturated rings. The molecule has 1 unspecified atom stereocenters. The van der Waals surface area contributed by atoms with Crippen LogP contribution in [0.5, 0.6) is 0 Å². The summed E-state index contributed by atoms with van der Waals surface area (Å²) in [4.78, 5) is 11.2. The van der Waals surface area contributed by atoms with Crippen molar-refractivity contribution in [3.63, 3.8) is 0 Å². The maximum atomic E-state index is 14.4. The summed E-state index contributed by atoms with van der Waals surface area (Å²) >= 11 is 3.32. The molecular weight excluding hydrogens is 399 g/mol. The third-order valence-electron chi connectivity index (χ3n) is 3.70. The smallest absolute Gasteiger partial charge is 0.320 e. The monoisotopic (exact) mass is 414 g/mol. The average molecular weight is 415 g/mol. The molecule has 0 saturated carbocycles. The van der Waals surface area contributed by atoms with E-state index in [0.29, 0.717) is 11.1 Å². The number of methoxy groups -OCH3 is 1. The number of sulfone groups is 1. The van der Waals surface area contributed by atoms with Gasteiger partial charge in [0.1, 0.15) is 11.6 Å². The van der Waals surface area contributed by atoms with Gasteiger partial charge in [0.2, 0.25) is 0 Å². The topological polar surface area (TPSA) is 60.4 Å². The van der Waals surface area contributed by atoms with Gasteiger partial charge in [-0.15, -0.1) is 0 Å². The summed E-state index contributed by atoms with van der Waals surface area (Å²) in [5, 5.41) is -1.01. The highest BCUT2D eigenvalue weighted by molar-refractivity contribution is 9.10. The number of carbonyl (C=O) groups excluding carboxylic acids is 1. The van der Waals surface area contributed by atoms with Crippen molar-refractivity contribution in [3.05, 3.63) is 58.3 Å². The molecule has 0 aliphatic rings. The average Bonchev–Trinajstić information content (AvgIpc) is 2.54. The molecule has 1 atom stereocenters. The minimum atomic E-state index is -3.77. The molecule has 2 rings (SSSR count). The fourth-order valence-electron chi connectivity index (χ4n) is 2.20. The number of benzene rings is 2. The van der Waals surface area contributed by atoms with Crippen LogP contribution in [0.2, 0.25) is 0 Å². The van der Waals surface area contributed by atoms with Gasteiger partial charge in [-0.3, -0.25) is 4.79 Å². The minimum Gasteiger partial charge on any atom is -0.468 e. The van der Waals surface area contributed by atoms with E-state index in [9.17, 15) is 17.6 Å². The number of halogens is 2. The second-order valence-electron chi connectivity index (χ2n) is 5.27. The first-order valence-corrected chi connectivity index (χ1v) is 9.59. The lowest BCUT2D eigenvalue weighted by molar-refractivity contribution is -0.137. The second-order valence-corrected chi connectivity index (χ2v) is 8.51. The molecule has 0 heterocycles. The first kappa shape index (κ1) is 18.6. The van der Waals surface area contributed by atoms with Crippen LogP contribution in [-0.2, 0) is 19.4 Å². The summed E-state index contributed by atoms with van der Waals surface area (Å²) in [7, 11) is -2.65. The molecule has 2 aromatic rings. The molecule has 0 bridgehead atoms. The second kappa shape index (κ2) is 7.44. The zero-order valence-corrected chi connectivity index (χ0v) is 15.5. The Morgan fingerprint density at radius 2 is 1.83 bits per heavy atom. The Bertz CT molecular complexity index is 847. The van der Waals surface area contributed by atoms with Gasteiger partial charge in [0.15, 0.2) is 9.84 Å². The van der Waals surface area contributed by atoms with Gasteiger partial charge in [0, 0.05) is 10.0 Å². The first-order chi connectivity index (χ1) is 11.2. The van der Waals surface area contributed by atoms with Gasteiger partial charge < -0.3 is 4.74 Å². The van der Waals surface area contributed by atoms with Crippen LogP contribution in [0, 0.1) is 5.82 Å². The van der Waals surface area contributed by atoms with Crippen molar-refractivity contribution < 1.29 is 22.3 Å². The van der Waals surface area contributed by atoms with E-state index in [4.69, 9.17) is 0 Å². The van der Waals surface area contributed by atoms with E-state index in [1.807, 2.05) is 0 Å². The van der Waals surface area contributed by atoms with Gasteiger partial charge in [-0.25, -0.2) is 12.8 Å². The standard InChI is InChI=1S/C17H16BrFO4S/c1-11(24(21,22)10-17(20)23-2)13-5-8-15(16(19)9-13)12-3-6-14(18)7-4-12/h3-9,11H,10H2,1-2H3. The van der Waals surface area contributed by atoms with Crippen LogP contribution in [0.3, 0.4) is 0 Å². The fourth-order valence-corrected chi connectivity index (χ4v) is 3.73. The summed E-state index contributed by atoms with van der Waals surface area (Å²) in [6.07, 6.45) is 0. The molecule has 7 heteroatoms. The van der Waals surface area contributed by atoms with Crippen LogP contribution in [0.25, 0.3) is 11.1 Å². The third kappa shape index (κ3) is 4.21.